The zero-order chi connectivity index (χ0) is 27.8. The maximum atomic E-state index is 13.7. The lowest BCUT2D eigenvalue weighted by molar-refractivity contribution is -0.136. The van der Waals surface area contributed by atoms with Crippen molar-refractivity contribution in [3.05, 3.63) is 107 Å². The molecule has 0 saturated carbocycles. The van der Waals surface area contributed by atoms with E-state index in [1.165, 1.54) is 16.0 Å². The topological polar surface area (TPSA) is 90.0 Å². The number of piperazine rings is 1. The number of hydrogen-bond donors (Lipinski definition) is 1. The van der Waals surface area contributed by atoms with Gasteiger partial charge in [-0.25, -0.2) is 0 Å². The highest BCUT2D eigenvalue weighted by atomic mass is 16.2. The zero-order valence-electron chi connectivity index (χ0n) is 22.5. The van der Waals surface area contributed by atoms with Gasteiger partial charge in [0, 0.05) is 49.8 Å². The molecule has 6 rings (SSSR count). The number of benzene rings is 3. The molecule has 0 bridgehead atoms. The molecule has 1 N–H and O–H groups in total. The molecule has 4 amide bonds. The molecule has 3 aliphatic rings. The SMILES string of the molecule is C[C@@H]1CN(C(c2ccccc2)c2ccccc2)CCN1C(=O)c1ccc2c(c1)CN(C1CCC(=O)NC1=O)C2=O. The molecule has 0 aliphatic carbocycles. The number of carbonyl (C=O) groups is 4. The number of imide groups is 1. The first-order valence-electron chi connectivity index (χ1n) is 13.8. The van der Waals surface area contributed by atoms with Crippen LogP contribution in [0.2, 0.25) is 0 Å². The molecule has 3 aromatic rings. The van der Waals surface area contributed by atoms with E-state index in [9.17, 15) is 19.2 Å². The predicted molar refractivity (Wildman–Crippen MR) is 149 cm³/mol. The summed E-state index contributed by atoms with van der Waals surface area (Å²) in [5.74, 6) is -1.05. The van der Waals surface area contributed by atoms with E-state index in [2.05, 4.69) is 65.7 Å². The molecular formula is C32H32N4O4. The van der Waals surface area contributed by atoms with Gasteiger partial charge in [-0.05, 0) is 48.2 Å². The second kappa shape index (κ2) is 10.7. The van der Waals surface area contributed by atoms with Crippen LogP contribution in [0.25, 0.3) is 0 Å². The summed E-state index contributed by atoms with van der Waals surface area (Å²) in [6.45, 7) is 4.39. The molecule has 3 aliphatic heterocycles. The van der Waals surface area contributed by atoms with Crippen LogP contribution in [0.5, 0.6) is 0 Å². The van der Waals surface area contributed by atoms with Crippen LogP contribution in [0.1, 0.15) is 63.2 Å². The lowest BCUT2D eigenvalue weighted by Gasteiger charge is -2.43. The average molecular weight is 537 g/mol. The number of amides is 4. The summed E-state index contributed by atoms with van der Waals surface area (Å²) < 4.78 is 0. The van der Waals surface area contributed by atoms with Gasteiger partial charge < -0.3 is 9.80 Å². The molecule has 3 aromatic carbocycles. The van der Waals surface area contributed by atoms with Crippen molar-refractivity contribution in [1.82, 2.24) is 20.0 Å². The quantitative estimate of drug-likeness (QED) is 0.505. The van der Waals surface area contributed by atoms with Crippen LogP contribution in [-0.2, 0) is 16.1 Å². The second-order valence-corrected chi connectivity index (χ2v) is 10.8. The predicted octanol–water partition coefficient (Wildman–Crippen LogP) is 3.38. The van der Waals surface area contributed by atoms with Crippen molar-refractivity contribution in [3.63, 3.8) is 0 Å². The van der Waals surface area contributed by atoms with E-state index in [-0.39, 0.29) is 42.8 Å². The lowest BCUT2D eigenvalue weighted by atomic mass is 9.95. The molecular weight excluding hydrogens is 504 g/mol. The van der Waals surface area contributed by atoms with Gasteiger partial charge in [-0.15, -0.1) is 0 Å². The van der Waals surface area contributed by atoms with E-state index in [0.717, 1.165) is 18.7 Å². The summed E-state index contributed by atoms with van der Waals surface area (Å²) in [5.41, 5.74) is 4.24. The first-order valence-corrected chi connectivity index (χ1v) is 13.8. The maximum absolute atomic E-state index is 13.7. The van der Waals surface area contributed by atoms with Crippen molar-refractivity contribution in [2.45, 2.75) is 44.4 Å². The third-order valence-corrected chi connectivity index (χ3v) is 8.29. The van der Waals surface area contributed by atoms with Crippen molar-refractivity contribution in [2.75, 3.05) is 19.6 Å². The molecule has 3 heterocycles. The van der Waals surface area contributed by atoms with E-state index in [4.69, 9.17) is 0 Å². The number of nitrogens with zero attached hydrogens (tertiary/aromatic N) is 3. The first-order chi connectivity index (χ1) is 19.4. The molecule has 2 atom stereocenters. The smallest absolute Gasteiger partial charge is 0.255 e. The Morgan fingerprint density at radius 2 is 1.57 bits per heavy atom. The molecule has 2 fully saturated rings. The third kappa shape index (κ3) is 4.79. The van der Waals surface area contributed by atoms with E-state index >= 15 is 0 Å². The minimum atomic E-state index is -0.674. The Morgan fingerprint density at radius 3 is 2.20 bits per heavy atom. The van der Waals surface area contributed by atoms with Gasteiger partial charge in [-0.3, -0.25) is 29.4 Å². The van der Waals surface area contributed by atoms with Crippen molar-refractivity contribution in [2.24, 2.45) is 0 Å². The molecule has 204 valence electrons. The van der Waals surface area contributed by atoms with Crippen LogP contribution in [0.3, 0.4) is 0 Å². The fourth-order valence-corrected chi connectivity index (χ4v) is 6.28. The van der Waals surface area contributed by atoms with Crippen molar-refractivity contribution in [3.8, 4) is 0 Å². The van der Waals surface area contributed by atoms with Gasteiger partial charge in [0.1, 0.15) is 6.04 Å². The maximum Gasteiger partial charge on any atom is 0.255 e. The van der Waals surface area contributed by atoms with Crippen molar-refractivity contribution in [1.29, 1.82) is 0 Å². The molecule has 0 aromatic heterocycles. The number of rotatable bonds is 5. The molecule has 8 heteroatoms. The van der Waals surface area contributed by atoms with Gasteiger partial charge in [-0.1, -0.05) is 60.7 Å². The van der Waals surface area contributed by atoms with Crippen LogP contribution in [-0.4, -0.2) is 70.0 Å². The molecule has 8 nitrogen and oxygen atoms in total. The molecule has 40 heavy (non-hydrogen) atoms. The Balaban J connectivity index is 1.17. The van der Waals surface area contributed by atoms with E-state index in [1.807, 2.05) is 17.0 Å². The standard InChI is InChI=1S/C32H32N4O4/c1-21-19-34(29(22-8-4-2-5-9-22)23-10-6-3-7-11-23)16-17-35(21)31(39)24-12-13-26-25(18-24)20-36(32(26)40)27-14-15-28(37)33-30(27)38/h2-13,18,21,27,29H,14-17,19-20H2,1H3,(H,33,37,38)/t21-,27?/m1/s1. The summed E-state index contributed by atoms with van der Waals surface area (Å²) in [4.78, 5) is 56.5. The highest BCUT2D eigenvalue weighted by Gasteiger charge is 2.40. The highest BCUT2D eigenvalue weighted by molar-refractivity contribution is 6.06. The van der Waals surface area contributed by atoms with Gasteiger partial charge in [0.2, 0.25) is 11.8 Å². The summed E-state index contributed by atoms with van der Waals surface area (Å²) in [6.07, 6.45) is 0.518. The normalized spacial score (nSPS) is 21.5. The summed E-state index contributed by atoms with van der Waals surface area (Å²) in [6, 6.07) is 25.5. The fourth-order valence-electron chi connectivity index (χ4n) is 6.28. The molecule has 0 spiro atoms. The van der Waals surface area contributed by atoms with Crippen LogP contribution < -0.4 is 5.32 Å². The van der Waals surface area contributed by atoms with Gasteiger partial charge in [-0.2, -0.15) is 0 Å². The molecule has 0 radical (unpaired) electrons. The van der Waals surface area contributed by atoms with Crippen molar-refractivity contribution < 1.29 is 19.2 Å². The number of carbonyl (C=O) groups excluding carboxylic acids is 4. The number of nitrogens with one attached hydrogen (secondary N) is 1. The Bertz CT molecular complexity index is 1420. The van der Waals surface area contributed by atoms with Crippen LogP contribution >= 0.6 is 0 Å². The van der Waals surface area contributed by atoms with Gasteiger partial charge in [0.15, 0.2) is 0 Å². The largest absolute Gasteiger partial charge is 0.333 e. The third-order valence-electron chi connectivity index (χ3n) is 8.29. The van der Waals surface area contributed by atoms with Gasteiger partial charge >= 0.3 is 0 Å². The number of fused-ring (bicyclic) bond motifs is 1. The Morgan fingerprint density at radius 1 is 0.900 bits per heavy atom. The van der Waals surface area contributed by atoms with Crippen molar-refractivity contribution >= 4 is 23.6 Å². The van der Waals surface area contributed by atoms with Gasteiger partial charge in [0.25, 0.3) is 11.8 Å². The summed E-state index contributed by atoms with van der Waals surface area (Å²) in [7, 11) is 0. The highest BCUT2D eigenvalue weighted by Crippen LogP contribution is 2.32. The summed E-state index contributed by atoms with van der Waals surface area (Å²) in [5, 5.41) is 2.33. The number of hydrogen-bond acceptors (Lipinski definition) is 5. The minimum absolute atomic E-state index is 0.00830. The molecule has 2 saturated heterocycles. The Kier molecular flexibility index (Phi) is 6.94. The number of piperidine rings is 1. The van der Waals surface area contributed by atoms with Crippen LogP contribution in [0, 0.1) is 0 Å². The zero-order valence-corrected chi connectivity index (χ0v) is 22.5. The Labute approximate surface area is 233 Å². The second-order valence-electron chi connectivity index (χ2n) is 10.8. The van der Waals surface area contributed by atoms with E-state index < -0.39 is 11.9 Å². The van der Waals surface area contributed by atoms with Gasteiger partial charge in [0.05, 0.1) is 6.04 Å². The fraction of sp³-hybridized carbons (Fsp3) is 0.312. The van der Waals surface area contributed by atoms with E-state index in [1.54, 1.807) is 18.2 Å². The van der Waals surface area contributed by atoms with Crippen LogP contribution in [0.15, 0.2) is 78.9 Å². The van der Waals surface area contributed by atoms with E-state index in [0.29, 0.717) is 24.1 Å². The van der Waals surface area contributed by atoms with Crippen LogP contribution in [0.4, 0.5) is 0 Å². The lowest BCUT2D eigenvalue weighted by Crippen LogP contribution is -2.54. The first kappa shape index (κ1) is 26.0. The average Bonchev–Trinajstić information content (AvgIpc) is 3.29. The Hall–Kier alpha value is -4.30. The minimum Gasteiger partial charge on any atom is -0.333 e. The molecule has 1 unspecified atom stereocenters. The monoisotopic (exact) mass is 536 g/mol. The summed E-state index contributed by atoms with van der Waals surface area (Å²) >= 11 is 0.